The minimum absolute atomic E-state index is 0.296. The van der Waals surface area contributed by atoms with E-state index in [1.165, 1.54) is 7.11 Å². The number of carbonyl (C=O) groups excluding carboxylic acids is 1. The molecule has 0 radical (unpaired) electrons. The minimum Gasteiger partial charge on any atom is -0.469 e. The summed E-state index contributed by atoms with van der Waals surface area (Å²) in [5.74, 6) is -0.0302. The van der Waals surface area contributed by atoms with Crippen molar-refractivity contribution >= 4 is 32.7 Å². The Morgan fingerprint density at radius 1 is 1.59 bits per heavy atom. The van der Waals surface area contributed by atoms with Gasteiger partial charge in [-0.3, -0.25) is 14.0 Å². The summed E-state index contributed by atoms with van der Waals surface area (Å²) >= 11 is 3.28. The van der Waals surface area contributed by atoms with E-state index in [9.17, 15) is 9.00 Å². The van der Waals surface area contributed by atoms with Crippen molar-refractivity contribution in [2.45, 2.75) is 12.7 Å². The Morgan fingerprint density at radius 2 is 2.29 bits per heavy atom. The first-order chi connectivity index (χ1) is 8.02. The molecule has 0 spiro atoms. The summed E-state index contributed by atoms with van der Waals surface area (Å²) in [6.07, 6.45) is 1.66. The Hall–Kier alpha value is -0.750. The van der Waals surface area contributed by atoms with Crippen molar-refractivity contribution in [2.75, 3.05) is 12.9 Å². The highest BCUT2D eigenvalue weighted by atomic mass is 79.9. The first-order valence-corrected chi connectivity index (χ1v) is 7.34. The molecule has 0 aliphatic heterocycles. The van der Waals surface area contributed by atoms with Gasteiger partial charge in [0, 0.05) is 27.2 Å². The van der Waals surface area contributed by atoms with E-state index in [0.29, 0.717) is 11.5 Å². The summed E-state index contributed by atoms with van der Waals surface area (Å²) in [4.78, 5) is 15.3. The number of carbonyl (C=O) groups is 1. The Kier molecular flexibility index (Phi) is 5.77. The van der Waals surface area contributed by atoms with Crippen LogP contribution in [0.15, 0.2) is 22.8 Å². The zero-order chi connectivity index (χ0) is 12.8. The van der Waals surface area contributed by atoms with Crippen molar-refractivity contribution in [1.82, 2.24) is 4.98 Å². The van der Waals surface area contributed by atoms with Gasteiger partial charge in [0.15, 0.2) is 0 Å². The molecule has 0 aliphatic rings. The summed E-state index contributed by atoms with van der Waals surface area (Å²) in [5.41, 5.74) is 0.753. The molecule has 4 nitrogen and oxygen atoms in total. The number of hydrogen-bond acceptors (Lipinski definition) is 4. The van der Waals surface area contributed by atoms with Crippen LogP contribution >= 0.6 is 15.9 Å². The molecule has 0 amide bonds. The molecular weight excluding hydrogens is 306 g/mol. The molecule has 0 aliphatic carbocycles. The predicted molar refractivity (Wildman–Crippen MR) is 69.8 cm³/mol. The lowest BCUT2D eigenvalue weighted by Gasteiger charge is -2.08. The second-order valence-electron chi connectivity index (χ2n) is 3.64. The number of hydrogen-bond donors (Lipinski definition) is 0. The molecule has 1 aromatic heterocycles. The Labute approximate surface area is 111 Å². The summed E-state index contributed by atoms with van der Waals surface area (Å²) in [7, 11) is 0.223. The van der Waals surface area contributed by atoms with Gasteiger partial charge in [0.2, 0.25) is 0 Å². The number of methoxy groups -OCH3 is 1. The monoisotopic (exact) mass is 319 g/mol. The fourth-order valence-electron chi connectivity index (χ4n) is 1.26. The number of esters is 1. The van der Waals surface area contributed by atoms with Gasteiger partial charge in [-0.05, 0) is 28.1 Å². The highest BCUT2D eigenvalue weighted by Gasteiger charge is 2.16. The van der Waals surface area contributed by atoms with Crippen LogP contribution in [0.2, 0.25) is 0 Å². The molecule has 2 unspecified atom stereocenters. The maximum atomic E-state index is 11.8. The van der Waals surface area contributed by atoms with Gasteiger partial charge in [-0.15, -0.1) is 0 Å². The van der Waals surface area contributed by atoms with Gasteiger partial charge >= 0.3 is 5.97 Å². The van der Waals surface area contributed by atoms with Crippen molar-refractivity contribution in [3.05, 3.63) is 28.5 Å². The van der Waals surface area contributed by atoms with Crippen LogP contribution in [-0.2, 0) is 26.1 Å². The maximum Gasteiger partial charge on any atom is 0.309 e. The van der Waals surface area contributed by atoms with Crippen molar-refractivity contribution < 1.29 is 13.7 Å². The van der Waals surface area contributed by atoms with Crippen molar-refractivity contribution in [3.8, 4) is 0 Å². The van der Waals surface area contributed by atoms with E-state index in [2.05, 4.69) is 25.7 Å². The van der Waals surface area contributed by atoms with Crippen molar-refractivity contribution in [2.24, 2.45) is 5.92 Å². The highest BCUT2D eigenvalue weighted by Crippen LogP contribution is 2.10. The van der Waals surface area contributed by atoms with Crippen molar-refractivity contribution in [3.63, 3.8) is 0 Å². The number of aromatic nitrogens is 1. The SMILES string of the molecule is COC(=O)C(C)CS(=O)Cc1ccc(Br)cn1. The van der Waals surface area contributed by atoms with Gasteiger partial charge in [0.25, 0.3) is 0 Å². The number of pyridine rings is 1. The molecule has 1 heterocycles. The van der Waals surface area contributed by atoms with E-state index >= 15 is 0 Å². The lowest BCUT2D eigenvalue weighted by Crippen LogP contribution is -2.20. The molecule has 1 rings (SSSR count). The summed E-state index contributed by atoms with van der Waals surface area (Å²) < 4.78 is 17.2. The van der Waals surface area contributed by atoms with Gasteiger partial charge in [-0.25, -0.2) is 0 Å². The topological polar surface area (TPSA) is 56.3 Å². The van der Waals surface area contributed by atoms with Crippen LogP contribution in [-0.4, -0.2) is 28.0 Å². The molecule has 0 aromatic carbocycles. The lowest BCUT2D eigenvalue weighted by atomic mass is 10.2. The summed E-state index contributed by atoms with van der Waals surface area (Å²) in [6, 6.07) is 3.66. The third-order valence-electron chi connectivity index (χ3n) is 2.14. The molecule has 0 saturated carbocycles. The van der Waals surface area contributed by atoms with E-state index in [0.717, 1.165) is 10.2 Å². The first-order valence-electron chi connectivity index (χ1n) is 5.06. The zero-order valence-electron chi connectivity index (χ0n) is 9.68. The molecule has 0 N–H and O–H groups in total. The number of nitrogens with zero attached hydrogens (tertiary/aromatic N) is 1. The van der Waals surface area contributed by atoms with E-state index in [1.54, 1.807) is 13.1 Å². The van der Waals surface area contributed by atoms with E-state index in [-0.39, 0.29) is 11.9 Å². The molecule has 6 heteroatoms. The van der Waals surface area contributed by atoms with Crippen LogP contribution in [0, 0.1) is 5.92 Å². The largest absolute Gasteiger partial charge is 0.469 e. The smallest absolute Gasteiger partial charge is 0.309 e. The van der Waals surface area contributed by atoms with Crippen LogP contribution in [0.4, 0.5) is 0 Å². The highest BCUT2D eigenvalue weighted by molar-refractivity contribution is 9.10. The molecule has 0 bridgehead atoms. The minimum atomic E-state index is -1.11. The first kappa shape index (κ1) is 14.3. The van der Waals surface area contributed by atoms with Gasteiger partial charge in [0.05, 0.1) is 24.5 Å². The average Bonchev–Trinajstić information content (AvgIpc) is 2.30. The van der Waals surface area contributed by atoms with Gasteiger partial charge in [-0.2, -0.15) is 0 Å². The van der Waals surface area contributed by atoms with Gasteiger partial charge < -0.3 is 4.74 Å². The third-order valence-corrected chi connectivity index (χ3v) is 4.10. The Bertz CT molecular complexity index is 408. The van der Waals surface area contributed by atoms with Crippen molar-refractivity contribution in [1.29, 1.82) is 0 Å². The standard InChI is InChI=1S/C11H14BrNO3S/c1-8(11(14)16-2)6-17(15)7-10-4-3-9(12)5-13-10/h3-5,8H,6-7H2,1-2H3. The van der Waals surface area contributed by atoms with E-state index in [4.69, 9.17) is 0 Å². The Morgan fingerprint density at radius 3 is 2.82 bits per heavy atom. The van der Waals surface area contributed by atoms with Gasteiger partial charge in [-0.1, -0.05) is 6.92 Å². The molecule has 0 saturated heterocycles. The predicted octanol–water partition coefficient (Wildman–Crippen LogP) is 1.90. The molecule has 1 aromatic rings. The summed E-state index contributed by atoms with van der Waals surface area (Å²) in [5, 5.41) is 0. The van der Waals surface area contributed by atoms with Crippen LogP contribution in [0.3, 0.4) is 0 Å². The third kappa shape index (κ3) is 4.95. The van der Waals surface area contributed by atoms with Crippen LogP contribution in [0.1, 0.15) is 12.6 Å². The normalized spacial score (nSPS) is 14.1. The number of ether oxygens (including phenoxy) is 1. The van der Waals surface area contributed by atoms with Crippen LogP contribution < -0.4 is 0 Å². The second-order valence-corrected chi connectivity index (χ2v) is 6.06. The molecule has 0 fully saturated rings. The molecule has 2 atom stereocenters. The fraction of sp³-hybridized carbons (Fsp3) is 0.455. The average molecular weight is 320 g/mol. The maximum absolute atomic E-state index is 11.8. The lowest BCUT2D eigenvalue weighted by molar-refractivity contribution is -0.144. The molecule has 94 valence electrons. The van der Waals surface area contributed by atoms with Crippen LogP contribution in [0.5, 0.6) is 0 Å². The Balaban J connectivity index is 2.50. The van der Waals surface area contributed by atoms with Crippen LogP contribution in [0.25, 0.3) is 0 Å². The molecular formula is C11H14BrNO3S. The fourth-order valence-corrected chi connectivity index (χ4v) is 2.81. The van der Waals surface area contributed by atoms with Gasteiger partial charge in [0.1, 0.15) is 0 Å². The quantitative estimate of drug-likeness (QED) is 0.778. The number of rotatable bonds is 5. The summed E-state index contributed by atoms with van der Waals surface area (Å²) in [6.45, 7) is 1.71. The molecule has 17 heavy (non-hydrogen) atoms. The van der Waals surface area contributed by atoms with E-state index < -0.39 is 10.8 Å². The number of halogens is 1. The zero-order valence-corrected chi connectivity index (χ0v) is 12.1. The van der Waals surface area contributed by atoms with E-state index in [1.807, 2.05) is 12.1 Å². The second kappa shape index (κ2) is 6.86.